The van der Waals surface area contributed by atoms with Crippen LogP contribution in [0.3, 0.4) is 0 Å². The van der Waals surface area contributed by atoms with Crippen LogP contribution in [0.2, 0.25) is 0 Å². The molecule has 0 heterocycles. The number of ketones is 1. The average Bonchev–Trinajstić information content (AvgIpc) is 2.34. The van der Waals surface area contributed by atoms with E-state index >= 15 is 0 Å². The van der Waals surface area contributed by atoms with Crippen LogP contribution in [0.1, 0.15) is 36.5 Å². The van der Waals surface area contributed by atoms with Gasteiger partial charge < -0.3 is 4.74 Å². The summed E-state index contributed by atoms with van der Waals surface area (Å²) >= 11 is 0. The lowest BCUT2D eigenvalue weighted by atomic mass is 10.1. The van der Waals surface area contributed by atoms with Crippen LogP contribution < -0.4 is 0 Å². The molecule has 0 N–H and O–H groups in total. The summed E-state index contributed by atoms with van der Waals surface area (Å²) in [6, 6.07) is 8.97. The van der Waals surface area contributed by atoms with Gasteiger partial charge in [0, 0.05) is 12.0 Å². The van der Waals surface area contributed by atoms with E-state index < -0.39 is 0 Å². The fourth-order valence-corrected chi connectivity index (χ4v) is 1.27. The van der Waals surface area contributed by atoms with Crippen LogP contribution in [0.5, 0.6) is 0 Å². The Morgan fingerprint density at radius 2 is 1.81 bits per heavy atom. The number of carbonyl (C=O) groups is 2. The lowest BCUT2D eigenvalue weighted by Crippen LogP contribution is -2.08. The molecule has 0 aromatic heterocycles. The number of carbonyl (C=O) groups excluding carboxylic acids is 2. The number of ether oxygens (including phenoxy) is 1. The van der Waals surface area contributed by atoms with Gasteiger partial charge in [0.1, 0.15) is 0 Å². The van der Waals surface area contributed by atoms with Gasteiger partial charge in [0.05, 0.1) is 13.0 Å². The van der Waals surface area contributed by atoms with Crippen molar-refractivity contribution < 1.29 is 14.3 Å². The summed E-state index contributed by atoms with van der Waals surface area (Å²) in [7, 11) is 0. The first kappa shape index (κ1) is 12.4. The zero-order chi connectivity index (χ0) is 11.8. The number of hydrogen-bond acceptors (Lipinski definition) is 3. The number of benzene rings is 1. The van der Waals surface area contributed by atoms with Gasteiger partial charge in [-0.05, 0) is 6.42 Å². The van der Waals surface area contributed by atoms with Crippen LogP contribution in [0.4, 0.5) is 0 Å². The SMILES string of the molecule is CCCOC(=O)CCC(=O)c1ccccc1. The topological polar surface area (TPSA) is 43.4 Å². The molecule has 0 aliphatic rings. The van der Waals surface area contributed by atoms with Crippen molar-refractivity contribution in [3.8, 4) is 0 Å². The van der Waals surface area contributed by atoms with E-state index in [0.29, 0.717) is 12.2 Å². The summed E-state index contributed by atoms with van der Waals surface area (Å²) in [5.41, 5.74) is 0.644. The van der Waals surface area contributed by atoms with E-state index in [1.807, 2.05) is 25.1 Å². The minimum absolute atomic E-state index is 0.0194. The van der Waals surface area contributed by atoms with Gasteiger partial charge in [-0.25, -0.2) is 0 Å². The van der Waals surface area contributed by atoms with Gasteiger partial charge in [0.15, 0.2) is 5.78 Å². The molecule has 1 aromatic rings. The van der Waals surface area contributed by atoms with E-state index in [0.717, 1.165) is 6.42 Å². The standard InChI is InChI=1S/C13H16O3/c1-2-10-16-13(15)9-8-12(14)11-6-4-3-5-7-11/h3-7H,2,8-10H2,1H3. The summed E-state index contributed by atoms with van der Waals surface area (Å²) in [6.45, 7) is 2.36. The number of rotatable bonds is 6. The molecule has 1 rings (SSSR count). The Balaban J connectivity index is 2.33. The molecule has 86 valence electrons. The predicted octanol–water partition coefficient (Wildman–Crippen LogP) is 2.60. The minimum Gasteiger partial charge on any atom is -0.466 e. The second-order valence-electron chi connectivity index (χ2n) is 3.51. The second kappa shape index (κ2) is 6.77. The molecular formula is C13H16O3. The summed E-state index contributed by atoms with van der Waals surface area (Å²) in [4.78, 5) is 22.8. The number of esters is 1. The smallest absolute Gasteiger partial charge is 0.306 e. The lowest BCUT2D eigenvalue weighted by Gasteiger charge is -2.02. The van der Waals surface area contributed by atoms with Crippen molar-refractivity contribution in [2.24, 2.45) is 0 Å². The Labute approximate surface area is 95.4 Å². The Hall–Kier alpha value is -1.64. The van der Waals surface area contributed by atoms with Gasteiger partial charge in [-0.1, -0.05) is 37.3 Å². The van der Waals surface area contributed by atoms with Gasteiger partial charge in [-0.3, -0.25) is 9.59 Å². The molecule has 16 heavy (non-hydrogen) atoms. The number of Topliss-reactive ketones (excluding diaryl/α,β-unsaturated/α-hetero) is 1. The first-order valence-corrected chi connectivity index (χ1v) is 5.48. The highest BCUT2D eigenvalue weighted by Gasteiger charge is 2.09. The second-order valence-corrected chi connectivity index (χ2v) is 3.51. The van der Waals surface area contributed by atoms with Crippen LogP contribution >= 0.6 is 0 Å². The molecule has 0 bridgehead atoms. The molecule has 1 aromatic carbocycles. The Morgan fingerprint density at radius 1 is 1.12 bits per heavy atom. The molecule has 0 saturated carbocycles. The van der Waals surface area contributed by atoms with E-state index in [1.54, 1.807) is 12.1 Å². The third-order valence-corrected chi connectivity index (χ3v) is 2.12. The zero-order valence-corrected chi connectivity index (χ0v) is 9.44. The first-order chi connectivity index (χ1) is 7.74. The largest absolute Gasteiger partial charge is 0.466 e. The molecule has 0 saturated heterocycles. The molecule has 0 amide bonds. The monoisotopic (exact) mass is 220 g/mol. The molecule has 0 radical (unpaired) electrons. The maximum Gasteiger partial charge on any atom is 0.306 e. The predicted molar refractivity (Wildman–Crippen MR) is 61.3 cm³/mol. The molecule has 0 fully saturated rings. The van der Waals surface area contributed by atoms with Crippen molar-refractivity contribution in [1.29, 1.82) is 0 Å². The fraction of sp³-hybridized carbons (Fsp3) is 0.385. The average molecular weight is 220 g/mol. The Morgan fingerprint density at radius 3 is 2.44 bits per heavy atom. The normalized spacial score (nSPS) is 9.81. The van der Waals surface area contributed by atoms with E-state index in [9.17, 15) is 9.59 Å². The molecule has 0 aliphatic carbocycles. The molecule has 0 unspecified atom stereocenters. The highest BCUT2D eigenvalue weighted by molar-refractivity contribution is 5.97. The highest BCUT2D eigenvalue weighted by atomic mass is 16.5. The molecule has 0 aliphatic heterocycles. The van der Waals surface area contributed by atoms with Gasteiger partial charge >= 0.3 is 5.97 Å². The van der Waals surface area contributed by atoms with Crippen LogP contribution in [-0.4, -0.2) is 18.4 Å². The first-order valence-electron chi connectivity index (χ1n) is 5.48. The van der Waals surface area contributed by atoms with Crippen molar-refractivity contribution in [2.45, 2.75) is 26.2 Å². The fourth-order valence-electron chi connectivity index (χ4n) is 1.27. The van der Waals surface area contributed by atoms with E-state index in [4.69, 9.17) is 4.74 Å². The molecule has 3 nitrogen and oxygen atoms in total. The van der Waals surface area contributed by atoms with Crippen LogP contribution in [0.25, 0.3) is 0 Å². The third kappa shape index (κ3) is 4.26. The number of hydrogen-bond donors (Lipinski definition) is 0. The summed E-state index contributed by atoms with van der Waals surface area (Å²) < 4.78 is 4.89. The summed E-state index contributed by atoms with van der Waals surface area (Å²) in [5, 5.41) is 0. The van der Waals surface area contributed by atoms with Crippen molar-refractivity contribution >= 4 is 11.8 Å². The lowest BCUT2D eigenvalue weighted by molar-refractivity contribution is -0.143. The van der Waals surface area contributed by atoms with Gasteiger partial charge in [0.25, 0.3) is 0 Å². The maximum atomic E-state index is 11.6. The maximum absolute atomic E-state index is 11.6. The van der Waals surface area contributed by atoms with Crippen molar-refractivity contribution in [2.75, 3.05) is 6.61 Å². The zero-order valence-electron chi connectivity index (χ0n) is 9.44. The minimum atomic E-state index is -0.300. The van der Waals surface area contributed by atoms with Gasteiger partial charge in [-0.2, -0.15) is 0 Å². The summed E-state index contributed by atoms with van der Waals surface area (Å²) in [6.07, 6.45) is 1.18. The van der Waals surface area contributed by atoms with E-state index in [2.05, 4.69) is 0 Å². The Kier molecular flexibility index (Phi) is 5.26. The third-order valence-electron chi connectivity index (χ3n) is 2.12. The molecule has 3 heteroatoms. The Bertz CT molecular complexity index is 343. The van der Waals surface area contributed by atoms with Crippen LogP contribution in [-0.2, 0) is 9.53 Å². The van der Waals surface area contributed by atoms with Crippen molar-refractivity contribution in [3.05, 3.63) is 35.9 Å². The van der Waals surface area contributed by atoms with Crippen LogP contribution in [0, 0.1) is 0 Å². The highest BCUT2D eigenvalue weighted by Crippen LogP contribution is 2.05. The molecule has 0 atom stereocenters. The van der Waals surface area contributed by atoms with Crippen molar-refractivity contribution in [1.82, 2.24) is 0 Å². The van der Waals surface area contributed by atoms with Gasteiger partial charge in [-0.15, -0.1) is 0 Å². The molecular weight excluding hydrogens is 204 g/mol. The van der Waals surface area contributed by atoms with E-state index in [-0.39, 0.29) is 24.6 Å². The summed E-state index contributed by atoms with van der Waals surface area (Å²) in [5.74, 6) is -0.319. The van der Waals surface area contributed by atoms with E-state index in [1.165, 1.54) is 0 Å². The van der Waals surface area contributed by atoms with Crippen molar-refractivity contribution in [3.63, 3.8) is 0 Å². The quantitative estimate of drug-likeness (QED) is 0.546. The van der Waals surface area contributed by atoms with Gasteiger partial charge in [0.2, 0.25) is 0 Å². The molecule has 0 spiro atoms. The van der Waals surface area contributed by atoms with Crippen LogP contribution in [0.15, 0.2) is 30.3 Å².